The molecule has 0 atom stereocenters. The van der Waals surface area contributed by atoms with E-state index in [1.54, 1.807) is 0 Å². The summed E-state index contributed by atoms with van der Waals surface area (Å²) in [6, 6.07) is 32.2. The van der Waals surface area contributed by atoms with Gasteiger partial charge in [-0.2, -0.15) is 0 Å². The molecule has 0 fully saturated rings. The highest BCUT2D eigenvalue weighted by Gasteiger charge is 2.20. The fraction of sp³-hybridized carbons (Fsp3) is 0. The van der Waals surface area contributed by atoms with Gasteiger partial charge in [0.15, 0.2) is 17.5 Å². The van der Waals surface area contributed by atoms with Crippen LogP contribution >= 0.6 is 0 Å². The molecule has 0 unspecified atom stereocenters. The maximum atomic E-state index is 9.16. The van der Waals surface area contributed by atoms with Crippen LogP contribution in [0.15, 0.2) is 160 Å². The molecule has 0 saturated heterocycles. The minimum atomic E-state index is -0.497. The van der Waals surface area contributed by atoms with Crippen molar-refractivity contribution in [1.82, 2.24) is 15.0 Å². The Kier molecular flexibility index (Phi) is 4.48. The first-order chi connectivity index (χ1) is 26.7. The number of nitrogens with zero attached hydrogens (tertiary/aromatic N) is 3. The van der Waals surface area contributed by atoms with Crippen molar-refractivity contribution in [3.63, 3.8) is 0 Å². The van der Waals surface area contributed by atoms with E-state index in [0.717, 1.165) is 43.8 Å². The summed E-state index contributed by atoms with van der Waals surface area (Å²) in [5.74, 6) is 0.555. The Balaban J connectivity index is 1.28. The van der Waals surface area contributed by atoms with Gasteiger partial charge in [0.05, 0.1) is 9.60 Å². The van der Waals surface area contributed by atoms with Crippen molar-refractivity contribution in [1.29, 1.82) is 0 Å². The van der Waals surface area contributed by atoms with Gasteiger partial charge in [0.25, 0.3) is 0 Å². The maximum Gasteiger partial charge on any atom is 0.164 e. The lowest BCUT2D eigenvalue weighted by atomic mass is 9.93. The van der Waals surface area contributed by atoms with Crippen molar-refractivity contribution in [3.05, 3.63) is 151 Å². The average molecular weight is 623 g/mol. The number of hydrogen-bond acceptors (Lipinski definition) is 5. The van der Waals surface area contributed by atoms with Crippen LogP contribution in [-0.2, 0) is 0 Å². The lowest BCUT2D eigenvalue weighted by Crippen LogP contribution is -2.01. The fourth-order valence-electron chi connectivity index (χ4n) is 6.59. The monoisotopic (exact) mass is 622 g/mol. The highest BCUT2D eigenvalue weighted by atomic mass is 16.3. The van der Waals surface area contributed by atoms with Gasteiger partial charge in [0, 0.05) is 38.2 Å². The maximum absolute atomic E-state index is 9.16. The molecule has 5 nitrogen and oxygen atoms in total. The summed E-state index contributed by atoms with van der Waals surface area (Å²) < 4.78 is 72.8. The molecule has 0 radical (unpaired) electrons. The van der Waals surface area contributed by atoms with Crippen molar-refractivity contribution in [2.75, 3.05) is 0 Å². The molecular formula is C43H25N3O2. The summed E-state index contributed by atoms with van der Waals surface area (Å²) in [5.41, 5.74) is 4.57. The summed E-state index contributed by atoms with van der Waals surface area (Å²) in [7, 11) is 0. The van der Waals surface area contributed by atoms with Gasteiger partial charge in [-0.3, -0.25) is 0 Å². The van der Waals surface area contributed by atoms with Gasteiger partial charge >= 0.3 is 0 Å². The standard InChI is InChI=1S/C43H25N3O2/c1-2-12-26(13-3-1)41-44-42(46-43(45-41)34-21-11-25-38-40(34)33-15-5-7-23-36(33)48-38)31-20-9-16-27-28(17-8-18-29(27)31)30-19-10-24-37-39(30)32-14-4-6-22-35(32)47-37/h1-25H/i5D,7D,11D,15D,21D,23D,25D. The van der Waals surface area contributed by atoms with Crippen LogP contribution in [0.1, 0.15) is 9.60 Å². The van der Waals surface area contributed by atoms with Crippen LogP contribution < -0.4 is 0 Å². The van der Waals surface area contributed by atoms with Crippen molar-refractivity contribution < 1.29 is 18.4 Å². The van der Waals surface area contributed by atoms with E-state index < -0.39 is 36.3 Å². The minimum absolute atomic E-state index is 0.0000473. The van der Waals surface area contributed by atoms with Gasteiger partial charge < -0.3 is 8.83 Å². The molecule has 3 aromatic heterocycles. The van der Waals surface area contributed by atoms with Gasteiger partial charge in [-0.05, 0) is 46.1 Å². The van der Waals surface area contributed by atoms with Gasteiger partial charge in [-0.1, -0.05) is 127 Å². The van der Waals surface area contributed by atoms with Crippen molar-refractivity contribution in [2.45, 2.75) is 0 Å². The van der Waals surface area contributed by atoms with Crippen LogP contribution in [0.5, 0.6) is 0 Å². The van der Waals surface area contributed by atoms with E-state index in [2.05, 4.69) is 18.2 Å². The van der Waals surface area contributed by atoms with E-state index in [1.165, 1.54) is 0 Å². The van der Waals surface area contributed by atoms with Crippen LogP contribution in [0.2, 0.25) is 0 Å². The minimum Gasteiger partial charge on any atom is -0.456 e. The molecule has 0 spiro atoms. The molecule has 10 rings (SSSR count). The Bertz CT molecular complexity index is 3250. The number of hydrogen-bond donors (Lipinski definition) is 0. The normalized spacial score (nSPS) is 13.8. The van der Waals surface area contributed by atoms with E-state index in [4.69, 9.17) is 33.4 Å². The second-order valence-electron chi connectivity index (χ2n) is 11.4. The molecule has 224 valence electrons. The first-order valence-corrected chi connectivity index (χ1v) is 15.4. The molecule has 7 aromatic carbocycles. The molecule has 0 saturated carbocycles. The van der Waals surface area contributed by atoms with Crippen LogP contribution in [-0.4, -0.2) is 15.0 Å². The van der Waals surface area contributed by atoms with Crippen molar-refractivity contribution in [2.24, 2.45) is 0 Å². The highest BCUT2D eigenvalue weighted by Crippen LogP contribution is 2.41. The predicted octanol–water partition coefficient (Wildman–Crippen LogP) is 11.5. The van der Waals surface area contributed by atoms with Crippen molar-refractivity contribution >= 4 is 54.6 Å². The van der Waals surface area contributed by atoms with Crippen molar-refractivity contribution in [3.8, 4) is 45.3 Å². The van der Waals surface area contributed by atoms with E-state index in [-0.39, 0.29) is 51.0 Å². The molecule has 48 heavy (non-hydrogen) atoms. The Morgan fingerprint density at radius 1 is 0.375 bits per heavy atom. The van der Waals surface area contributed by atoms with E-state index in [1.807, 2.05) is 91.0 Å². The zero-order valence-corrected chi connectivity index (χ0v) is 25.1. The number of fused-ring (bicyclic) bond motifs is 7. The summed E-state index contributed by atoms with van der Waals surface area (Å²) >= 11 is 0. The number of para-hydroxylation sites is 2. The largest absolute Gasteiger partial charge is 0.456 e. The Labute approximate surface area is 284 Å². The smallest absolute Gasteiger partial charge is 0.164 e. The Morgan fingerprint density at radius 2 is 0.979 bits per heavy atom. The summed E-state index contributed by atoms with van der Waals surface area (Å²) in [6.45, 7) is 0. The number of rotatable bonds is 4. The summed E-state index contributed by atoms with van der Waals surface area (Å²) in [6.07, 6.45) is 0. The van der Waals surface area contributed by atoms with Crippen LogP contribution in [0, 0.1) is 0 Å². The van der Waals surface area contributed by atoms with Crippen LogP contribution in [0.25, 0.3) is 99.9 Å². The van der Waals surface area contributed by atoms with Crippen LogP contribution in [0.3, 0.4) is 0 Å². The topological polar surface area (TPSA) is 65.0 Å². The van der Waals surface area contributed by atoms with E-state index in [0.29, 0.717) is 11.1 Å². The van der Waals surface area contributed by atoms with Crippen LogP contribution in [0.4, 0.5) is 0 Å². The molecule has 0 aliphatic rings. The first kappa shape index (κ1) is 20.5. The molecule has 0 aliphatic carbocycles. The summed E-state index contributed by atoms with van der Waals surface area (Å²) in [4.78, 5) is 14.8. The van der Waals surface area contributed by atoms with Gasteiger partial charge in [-0.25, -0.2) is 15.0 Å². The van der Waals surface area contributed by atoms with E-state index in [9.17, 15) is 0 Å². The molecule has 0 N–H and O–H groups in total. The van der Waals surface area contributed by atoms with Gasteiger partial charge in [0.2, 0.25) is 0 Å². The number of furan rings is 2. The first-order valence-electron chi connectivity index (χ1n) is 18.9. The lowest BCUT2D eigenvalue weighted by molar-refractivity contribution is 0.668. The third-order valence-electron chi connectivity index (χ3n) is 8.69. The second-order valence-corrected chi connectivity index (χ2v) is 11.4. The molecule has 0 aliphatic heterocycles. The highest BCUT2D eigenvalue weighted by molar-refractivity contribution is 6.16. The van der Waals surface area contributed by atoms with Gasteiger partial charge in [-0.15, -0.1) is 0 Å². The average Bonchev–Trinajstić information content (AvgIpc) is 3.81. The third-order valence-corrected chi connectivity index (χ3v) is 8.69. The number of aromatic nitrogens is 3. The Morgan fingerprint density at radius 3 is 1.88 bits per heavy atom. The Hall–Kier alpha value is -6.59. The molecule has 0 bridgehead atoms. The summed E-state index contributed by atoms with van der Waals surface area (Å²) in [5, 5.41) is 3.85. The molecule has 5 heteroatoms. The predicted molar refractivity (Wildman–Crippen MR) is 194 cm³/mol. The molecular weight excluding hydrogens is 590 g/mol. The SMILES string of the molecule is [2H]c1c([2H])c([2H])c2c(oc3c([2H])c([2H])c([2H])c(-c4nc(-c5ccccc5)nc(-c5cccc6c(-c7cccc8oc9ccccc9c78)cccc56)n4)c32)c1[2H]. The zero-order chi connectivity index (χ0) is 37.7. The molecule has 10 aromatic rings. The molecule has 3 heterocycles. The second kappa shape index (κ2) is 10.5. The quantitative estimate of drug-likeness (QED) is 0.195. The third kappa shape index (κ3) is 4.08. The lowest BCUT2D eigenvalue weighted by Gasteiger charge is -2.13. The molecule has 0 amide bonds. The zero-order valence-electron chi connectivity index (χ0n) is 32.1. The fourth-order valence-corrected chi connectivity index (χ4v) is 6.59. The van der Waals surface area contributed by atoms with Gasteiger partial charge in [0.1, 0.15) is 22.3 Å². The number of benzene rings is 7. The van der Waals surface area contributed by atoms with E-state index >= 15 is 0 Å².